The molecule has 0 amide bonds. The van der Waals surface area contributed by atoms with Gasteiger partial charge in [-0.3, -0.25) is 4.72 Å². The number of aromatic nitrogens is 2. The molecule has 182 valence electrons. The Morgan fingerprint density at radius 3 is 2.47 bits per heavy atom. The van der Waals surface area contributed by atoms with Crippen LogP contribution in [0.2, 0.25) is 5.02 Å². The quantitative estimate of drug-likeness (QED) is 0.325. The van der Waals surface area contributed by atoms with Gasteiger partial charge in [-0.15, -0.1) is 0 Å². The van der Waals surface area contributed by atoms with E-state index in [-0.39, 0.29) is 5.02 Å². The van der Waals surface area contributed by atoms with Crippen LogP contribution in [0.4, 0.5) is 28.8 Å². The molecule has 0 saturated heterocycles. The number of benzene rings is 2. The summed E-state index contributed by atoms with van der Waals surface area (Å²) in [5, 5.41) is 6.51. The van der Waals surface area contributed by atoms with Crippen LogP contribution in [0.25, 0.3) is 0 Å². The van der Waals surface area contributed by atoms with Crippen LogP contribution in [-0.2, 0) is 10.0 Å². The van der Waals surface area contributed by atoms with Crippen LogP contribution in [-0.4, -0.2) is 55.8 Å². The first-order valence-corrected chi connectivity index (χ1v) is 13.1. The third-order valence-electron chi connectivity index (χ3n) is 4.88. The molecule has 9 nitrogen and oxygen atoms in total. The van der Waals surface area contributed by atoms with Crippen molar-refractivity contribution in [2.24, 2.45) is 0 Å². The molecule has 0 fully saturated rings. The lowest BCUT2D eigenvalue weighted by Crippen LogP contribution is -2.27. The third kappa shape index (κ3) is 7.75. The van der Waals surface area contributed by atoms with E-state index in [1.54, 1.807) is 24.3 Å². The molecule has 0 aliphatic rings. The average molecular weight is 505 g/mol. The number of hydrogen-bond acceptors (Lipinski definition) is 8. The fourth-order valence-electron chi connectivity index (χ4n) is 3.15. The Labute approximate surface area is 205 Å². The Morgan fingerprint density at radius 1 is 1.03 bits per heavy atom. The normalized spacial score (nSPS) is 11.3. The summed E-state index contributed by atoms with van der Waals surface area (Å²) < 4.78 is 31.7. The molecule has 3 aromatic rings. The van der Waals surface area contributed by atoms with Crippen LogP contribution < -0.4 is 20.1 Å². The van der Waals surface area contributed by atoms with E-state index in [1.165, 1.54) is 6.20 Å². The Balaban J connectivity index is 1.72. The molecule has 3 N–H and O–H groups in total. The van der Waals surface area contributed by atoms with E-state index in [0.717, 1.165) is 37.3 Å². The molecule has 2 aromatic carbocycles. The minimum absolute atomic E-state index is 0.285. The summed E-state index contributed by atoms with van der Waals surface area (Å²) in [6, 6.07) is 14.4. The molecule has 0 spiro atoms. The number of sulfonamides is 1. The van der Waals surface area contributed by atoms with E-state index >= 15 is 0 Å². The number of anilines is 5. The number of hydrogen-bond donors (Lipinski definition) is 3. The van der Waals surface area contributed by atoms with E-state index < -0.39 is 10.0 Å². The number of nitrogens with one attached hydrogen (secondary N) is 3. The first-order valence-electron chi connectivity index (χ1n) is 10.9. The third-order valence-corrected chi connectivity index (χ3v) is 5.75. The van der Waals surface area contributed by atoms with Crippen molar-refractivity contribution in [2.75, 3.05) is 47.9 Å². The summed E-state index contributed by atoms with van der Waals surface area (Å²) in [6.45, 7) is 7.68. The molecule has 3 rings (SSSR count). The maximum Gasteiger partial charge on any atom is 0.229 e. The van der Waals surface area contributed by atoms with Crippen molar-refractivity contribution < 1.29 is 13.2 Å². The SMILES string of the molecule is CCN(CC)CCOc1cccc(Nc2ncc(Cl)c(Nc3ccccc3NS(C)(=O)=O)n2)c1. The Bertz CT molecular complexity index is 1200. The summed E-state index contributed by atoms with van der Waals surface area (Å²) in [4.78, 5) is 11.0. The lowest BCUT2D eigenvalue weighted by Gasteiger charge is -2.18. The first kappa shape index (κ1) is 25.5. The average Bonchev–Trinajstić information content (AvgIpc) is 2.79. The fraction of sp³-hybridized carbons (Fsp3) is 0.304. The molecule has 0 saturated carbocycles. The van der Waals surface area contributed by atoms with Gasteiger partial charge in [-0.1, -0.05) is 43.6 Å². The van der Waals surface area contributed by atoms with Crippen molar-refractivity contribution in [2.45, 2.75) is 13.8 Å². The molecular formula is C23H29ClN6O3S. The van der Waals surface area contributed by atoms with Crippen LogP contribution >= 0.6 is 11.6 Å². The summed E-state index contributed by atoms with van der Waals surface area (Å²) in [5.41, 5.74) is 1.64. The Kier molecular flexibility index (Phi) is 8.91. The molecular weight excluding hydrogens is 476 g/mol. The van der Waals surface area contributed by atoms with Crippen molar-refractivity contribution in [1.82, 2.24) is 14.9 Å². The van der Waals surface area contributed by atoms with Gasteiger partial charge < -0.3 is 20.3 Å². The summed E-state index contributed by atoms with van der Waals surface area (Å²) in [6.07, 6.45) is 2.56. The number of para-hydroxylation sites is 2. The molecule has 34 heavy (non-hydrogen) atoms. The highest BCUT2D eigenvalue weighted by molar-refractivity contribution is 7.92. The van der Waals surface area contributed by atoms with Crippen LogP contribution in [0, 0.1) is 0 Å². The van der Waals surface area contributed by atoms with Gasteiger partial charge in [0.1, 0.15) is 17.4 Å². The molecule has 0 atom stereocenters. The molecule has 11 heteroatoms. The molecule has 0 aliphatic carbocycles. The molecule has 0 radical (unpaired) electrons. The lowest BCUT2D eigenvalue weighted by atomic mass is 10.2. The Hall–Kier alpha value is -3.08. The number of likely N-dealkylation sites (N-methyl/N-ethyl adjacent to an activating group) is 1. The van der Waals surface area contributed by atoms with Gasteiger partial charge in [0.25, 0.3) is 0 Å². The van der Waals surface area contributed by atoms with Crippen LogP contribution in [0.3, 0.4) is 0 Å². The molecule has 1 heterocycles. The molecule has 0 bridgehead atoms. The van der Waals surface area contributed by atoms with E-state index in [2.05, 4.69) is 44.1 Å². The summed E-state index contributed by atoms with van der Waals surface area (Å²) in [7, 11) is -3.45. The lowest BCUT2D eigenvalue weighted by molar-refractivity contribution is 0.223. The van der Waals surface area contributed by atoms with Gasteiger partial charge in [0.2, 0.25) is 16.0 Å². The predicted octanol–water partition coefficient (Wildman–Crippen LogP) is 4.71. The van der Waals surface area contributed by atoms with Gasteiger partial charge in [0, 0.05) is 18.3 Å². The zero-order chi connectivity index (χ0) is 24.6. The fourth-order valence-corrected chi connectivity index (χ4v) is 3.86. The van der Waals surface area contributed by atoms with Gasteiger partial charge in [-0.05, 0) is 37.4 Å². The highest BCUT2D eigenvalue weighted by Crippen LogP contribution is 2.30. The smallest absolute Gasteiger partial charge is 0.229 e. The molecule has 1 aromatic heterocycles. The first-order chi connectivity index (χ1) is 16.3. The predicted molar refractivity (Wildman–Crippen MR) is 138 cm³/mol. The van der Waals surface area contributed by atoms with Crippen LogP contribution in [0.5, 0.6) is 5.75 Å². The summed E-state index contributed by atoms with van der Waals surface area (Å²) in [5.74, 6) is 1.39. The number of rotatable bonds is 12. The second-order valence-corrected chi connectivity index (χ2v) is 9.62. The zero-order valence-electron chi connectivity index (χ0n) is 19.4. The summed E-state index contributed by atoms with van der Waals surface area (Å²) >= 11 is 6.29. The highest BCUT2D eigenvalue weighted by Gasteiger charge is 2.11. The topological polar surface area (TPSA) is 108 Å². The number of nitrogens with zero attached hydrogens (tertiary/aromatic N) is 3. The van der Waals surface area contributed by atoms with Crippen molar-refractivity contribution >= 4 is 50.5 Å². The Morgan fingerprint density at radius 2 is 1.76 bits per heavy atom. The maximum absolute atomic E-state index is 11.7. The minimum atomic E-state index is -3.45. The molecule has 0 aliphatic heterocycles. The number of ether oxygens (including phenoxy) is 1. The van der Waals surface area contributed by atoms with Crippen LogP contribution in [0.1, 0.15) is 13.8 Å². The molecule has 0 unspecified atom stereocenters. The van der Waals surface area contributed by atoms with Gasteiger partial charge in [0.15, 0.2) is 5.82 Å². The monoisotopic (exact) mass is 504 g/mol. The maximum atomic E-state index is 11.7. The van der Waals surface area contributed by atoms with E-state index in [0.29, 0.717) is 29.7 Å². The van der Waals surface area contributed by atoms with E-state index in [1.807, 2.05) is 24.3 Å². The van der Waals surface area contributed by atoms with Gasteiger partial charge in [0.05, 0.1) is 23.8 Å². The van der Waals surface area contributed by atoms with Crippen molar-refractivity contribution in [3.63, 3.8) is 0 Å². The van der Waals surface area contributed by atoms with Crippen molar-refractivity contribution in [1.29, 1.82) is 0 Å². The van der Waals surface area contributed by atoms with E-state index in [4.69, 9.17) is 16.3 Å². The zero-order valence-corrected chi connectivity index (χ0v) is 20.9. The largest absolute Gasteiger partial charge is 0.492 e. The standard InChI is InChI=1S/C23H29ClN6O3S/c1-4-30(5-2)13-14-33-18-10-8-9-17(15-18)26-23-25-16-19(24)22(28-23)27-20-11-6-7-12-21(20)29-34(3,31)32/h6-12,15-16,29H,4-5,13-14H2,1-3H3,(H2,25,26,27,28). The number of halogens is 1. The van der Waals surface area contributed by atoms with Crippen LogP contribution in [0.15, 0.2) is 54.7 Å². The van der Waals surface area contributed by atoms with Crippen molar-refractivity contribution in [3.8, 4) is 5.75 Å². The van der Waals surface area contributed by atoms with Gasteiger partial charge >= 0.3 is 0 Å². The second-order valence-electron chi connectivity index (χ2n) is 7.46. The minimum Gasteiger partial charge on any atom is -0.492 e. The van der Waals surface area contributed by atoms with E-state index in [9.17, 15) is 8.42 Å². The van der Waals surface area contributed by atoms with Crippen molar-refractivity contribution in [3.05, 3.63) is 59.8 Å². The van der Waals surface area contributed by atoms with Gasteiger partial charge in [-0.25, -0.2) is 13.4 Å². The second kappa shape index (κ2) is 11.9. The van der Waals surface area contributed by atoms with Gasteiger partial charge in [-0.2, -0.15) is 4.98 Å². The highest BCUT2D eigenvalue weighted by atomic mass is 35.5.